The third-order valence-corrected chi connectivity index (χ3v) is 6.98. The second-order valence-electron chi connectivity index (χ2n) is 8.51. The molecule has 0 saturated heterocycles. The number of carbonyl (C=O) groups excluding carboxylic acids is 1. The van der Waals surface area contributed by atoms with Crippen LogP contribution in [-0.4, -0.2) is 31.4 Å². The number of aryl methyl sites for hydroxylation is 1. The molecule has 0 radical (unpaired) electrons. The molecule has 7 heteroatoms. The van der Waals surface area contributed by atoms with Crippen molar-refractivity contribution in [3.05, 3.63) is 95.6 Å². The fraction of sp³-hybridized carbons (Fsp3) is 0.214. The van der Waals surface area contributed by atoms with Crippen molar-refractivity contribution in [3.63, 3.8) is 0 Å². The van der Waals surface area contributed by atoms with E-state index >= 15 is 0 Å². The summed E-state index contributed by atoms with van der Waals surface area (Å²) in [4.78, 5) is 17.1. The van der Waals surface area contributed by atoms with Crippen molar-refractivity contribution in [2.24, 2.45) is 0 Å². The van der Waals surface area contributed by atoms with Crippen LogP contribution in [0.4, 0.5) is 0 Å². The van der Waals surface area contributed by atoms with Gasteiger partial charge in [0.05, 0.1) is 5.52 Å². The largest absolute Gasteiger partial charge is 0.352 e. The van der Waals surface area contributed by atoms with Crippen LogP contribution in [0.5, 0.6) is 0 Å². The number of benzene rings is 3. The van der Waals surface area contributed by atoms with Crippen LogP contribution in [-0.2, 0) is 17.9 Å². The Morgan fingerprint density at radius 3 is 2.57 bits per heavy atom. The highest BCUT2D eigenvalue weighted by Gasteiger charge is 2.15. The SMILES string of the molecule is Cc1ccccc1Cn1c2ccccc2c2nnc(SCCCC(=O)NCc3ccccc3)nc21. The first-order valence-corrected chi connectivity index (χ1v) is 12.8. The minimum absolute atomic E-state index is 0.0577. The molecule has 5 rings (SSSR count). The Labute approximate surface area is 208 Å². The van der Waals surface area contributed by atoms with Crippen LogP contribution in [0.3, 0.4) is 0 Å². The summed E-state index contributed by atoms with van der Waals surface area (Å²) in [5, 5.41) is 13.6. The molecule has 176 valence electrons. The van der Waals surface area contributed by atoms with Gasteiger partial charge in [-0.25, -0.2) is 4.98 Å². The fourth-order valence-corrected chi connectivity index (χ4v) is 4.87. The van der Waals surface area contributed by atoms with E-state index in [4.69, 9.17) is 4.98 Å². The Morgan fingerprint density at radius 2 is 1.71 bits per heavy atom. The molecule has 0 aliphatic heterocycles. The molecule has 2 aromatic heterocycles. The van der Waals surface area contributed by atoms with Crippen molar-refractivity contribution in [1.29, 1.82) is 0 Å². The molecule has 2 heterocycles. The molecule has 0 unspecified atom stereocenters. The van der Waals surface area contributed by atoms with E-state index in [0.29, 0.717) is 18.1 Å². The van der Waals surface area contributed by atoms with Gasteiger partial charge in [0.1, 0.15) is 5.52 Å². The van der Waals surface area contributed by atoms with E-state index in [0.717, 1.165) is 46.3 Å². The topological polar surface area (TPSA) is 72.7 Å². The van der Waals surface area contributed by atoms with Crippen LogP contribution in [0.15, 0.2) is 84.0 Å². The average Bonchev–Trinajstić information content (AvgIpc) is 3.20. The highest BCUT2D eigenvalue weighted by Crippen LogP contribution is 2.28. The molecule has 1 N–H and O–H groups in total. The minimum atomic E-state index is 0.0577. The van der Waals surface area contributed by atoms with Crippen LogP contribution in [0.1, 0.15) is 29.5 Å². The summed E-state index contributed by atoms with van der Waals surface area (Å²) in [6.45, 7) is 3.41. The van der Waals surface area contributed by atoms with E-state index in [1.807, 2.05) is 42.5 Å². The van der Waals surface area contributed by atoms with Crippen LogP contribution in [0.2, 0.25) is 0 Å². The standard InChI is InChI=1S/C28H27N5OS/c1-20-10-5-6-13-22(20)19-33-24-15-8-7-14-23(24)26-27(33)30-28(32-31-26)35-17-9-16-25(34)29-18-21-11-3-2-4-12-21/h2-8,10-15H,9,16-19H2,1H3,(H,29,34). The summed E-state index contributed by atoms with van der Waals surface area (Å²) < 4.78 is 2.22. The number of para-hydroxylation sites is 1. The zero-order valence-electron chi connectivity index (χ0n) is 19.6. The van der Waals surface area contributed by atoms with Crippen molar-refractivity contribution < 1.29 is 4.79 Å². The molecular weight excluding hydrogens is 454 g/mol. The van der Waals surface area contributed by atoms with Gasteiger partial charge >= 0.3 is 0 Å². The lowest BCUT2D eigenvalue weighted by Crippen LogP contribution is -2.22. The Bertz CT molecular complexity index is 1460. The molecule has 6 nitrogen and oxygen atoms in total. The Hall–Kier alpha value is -3.71. The quantitative estimate of drug-likeness (QED) is 0.222. The number of nitrogens with zero attached hydrogens (tertiary/aromatic N) is 4. The molecule has 35 heavy (non-hydrogen) atoms. The monoisotopic (exact) mass is 481 g/mol. The van der Waals surface area contributed by atoms with Gasteiger partial charge in [-0.2, -0.15) is 0 Å². The number of hydrogen-bond donors (Lipinski definition) is 1. The number of carbonyl (C=O) groups is 1. The molecule has 0 bridgehead atoms. The summed E-state index contributed by atoms with van der Waals surface area (Å²) in [6, 6.07) is 26.6. The van der Waals surface area contributed by atoms with Gasteiger partial charge in [0, 0.05) is 30.6 Å². The molecule has 0 fully saturated rings. The maximum Gasteiger partial charge on any atom is 0.220 e. The summed E-state index contributed by atoms with van der Waals surface area (Å²) in [5.74, 6) is 0.812. The van der Waals surface area contributed by atoms with Crippen molar-refractivity contribution >= 4 is 39.7 Å². The average molecular weight is 482 g/mol. The highest BCUT2D eigenvalue weighted by molar-refractivity contribution is 7.99. The van der Waals surface area contributed by atoms with E-state index in [1.54, 1.807) is 11.8 Å². The number of thioether (sulfide) groups is 1. The molecule has 0 aliphatic rings. The van der Waals surface area contributed by atoms with Gasteiger partial charge in [-0.3, -0.25) is 4.79 Å². The molecule has 0 saturated carbocycles. The number of aromatic nitrogens is 4. The number of amides is 1. The first kappa shape index (κ1) is 23.1. The number of fused-ring (bicyclic) bond motifs is 3. The Balaban J connectivity index is 1.27. The van der Waals surface area contributed by atoms with Crippen molar-refractivity contribution in [1.82, 2.24) is 25.1 Å². The predicted molar refractivity (Wildman–Crippen MR) is 141 cm³/mol. The Kier molecular flexibility index (Phi) is 7.04. The van der Waals surface area contributed by atoms with Crippen molar-refractivity contribution in [2.45, 2.75) is 38.0 Å². The van der Waals surface area contributed by atoms with Crippen LogP contribution >= 0.6 is 11.8 Å². The molecule has 0 atom stereocenters. The zero-order chi connectivity index (χ0) is 24.0. The molecule has 0 aliphatic carbocycles. The highest BCUT2D eigenvalue weighted by atomic mass is 32.2. The first-order valence-electron chi connectivity index (χ1n) is 11.8. The third kappa shape index (κ3) is 5.35. The summed E-state index contributed by atoms with van der Waals surface area (Å²) in [7, 11) is 0. The van der Waals surface area contributed by atoms with Gasteiger partial charge in [-0.05, 0) is 36.1 Å². The van der Waals surface area contributed by atoms with Gasteiger partial charge in [-0.15, -0.1) is 10.2 Å². The van der Waals surface area contributed by atoms with Gasteiger partial charge in [0.25, 0.3) is 0 Å². The summed E-state index contributed by atoms with van der Waals surface area (Å²) in [6.07, 6.45) is 1.22. The molecule has 3 aromatic carbocycles. The maximum atomic E-state index is 12.2. The van der Waals surface area contributed by atoms with Crippen LogP contribution in [0.25, 0.3) is 22.1 Å². The van der Waals surface area contributed by atoms with Gasteiger partial charge in [-0.1, -0.05) is 84.6 Å². The molecule has 0 spiro atoms. The van der Waals surface area contributed by atoms with E-state index in [1.165, 1.54) is 11.1 Å². The number of nitrogens with one attached hydrogen (secondary N) is 1. The van der Waals surface area contributed by atoms with E-state index < -0.39 is 0 Å². The van der Waals surface area contributed by atoms with Crippen LogP contribution in [0, 0.1) is 6.92 Å². The van der Waals surface area contributed by atoms with E-state index in [2.05, 4.69) is 63.4 Å². The van der Waals surface area contributed by atoms with Crippen LogP contribution < -0.4 is 5.32 Å². The van der Waals surface area contributed by atoms with Gasteiger partial charge in [0.15, 0.2) is 5.65 Å². The molecule has 1 amide bonds. The zero-order valence-corrected chi connectivity index (χ0v) is 20.5. The molecule has 5 aromatic rings. The summed E-state index contributed by atoms with van der Waals surface area (Å²) >= 11 is 1.54. The lowest BCUT2D eigenvalue weighted by atomic mass is 10.1. The van der Waals surface area contributed by atoms with E-state index in [-0.39, 0.29) is 5.91 Å². The third-order valence-electron chi connectivity index (χ3n) is 6.06. The fourth-order valence-electron chi connectivity index (χ4n) is 4.15. The molecular formula is C28H27N5OS. The second kappa shape index (κ2) is 10.7. The lowest BCUT2D eigenvalue weighted by Gasteiger charge is -2.09. The first-order chi connectivity index (χ1) is 17.2. The summed E-state index contributed by atoms with van der Waals surface area (Å²) in [5.41, 5.74) is 6.37. The number of rotatable bonds is 9. The van der Waals surface area contributed by atoms with E-state index in [9.17, 15) is 4.79 Å². The van der Waals surface area contributed by atoms with Crippen molar-refractivity contribution in [2.75, 3.05) is 5.75 Å². The second-order valence-corrected chi connectivity index (χ2v) is 9.57. The minimum Gasteiger partial charge on any atom is -0.352 e. The van der Waals surface area contributed by atoms with Gasteiger partial charge < -0.3 is 9.88 Å². The van der Waals surface area contributed by atoms with Crippen molar-refractivity contribution in [3.8, 4) is 0 Å². The normalized spacial score (nSPS) is 11.2. The lowest BCUT2D eigenvalue weighted by molar-refractivity contribution is -0.121. The Morgan fingerprint density at radius 1 is 0.943 bits per heavy atom. The number of hydrogen-bond acceptors (Lipinski definition) is 5. The maximum absolute atomic E-state index is 12.2. The smallest absolute Gasteiger partial charge is 0.220 e. The van der Waals surface area contributed by atoms with Gasteiger partial charge in [0.2, 0.25) is 11.1 Å². The predicted octanol–water partition coefficient (Wildman–Crippen LogP) is 5.52.